The van der Waals surface area contributed by atoms with Crippen molar-refractivity contribution in [3.8, 4) is 5.69 Å². The Balaban J connectivity index is 1.52. The molecule has 10 nitrogen and oxygen atoms in total. The Morgan fingerprint density at radius 3 is 2.50 bits per heavy atom. The standard InChI is InChI=1S/C28H31F2N7O3/c1-17-24(36(32-2)19-12-15-40-16-19)8-6-22(26(17)35-13-10-18(31)11-14-35)33-28(39)23-7-9-25(38)37(34-23)27-20(29)4-3-5-21(27)30/h3-9,18-19H,2,10-16,31H2,1H3,(H,33,39)/t19-/m1/s1. The van der Waals surface area contributed by atoms with Crippen molar-refractivity contribution in [1.82, 2.24) is 9.78 Å². The summed E-state index contributed by atoms with van der Waals surface area (Å²) in [6, 6.07) is 9.26. The fourth-order valence-electron chi connectivity index (χ4n) is 5.24. The summed E-state index contributed by atoms with van der Waals surface area (Å²) in [5.74, 6) is -2.59. The summed E-state index contributed by atoms with van der Waals surface area (Å²) in [7, 11) is 0. The highest BCUT2D eigenvalue weighted by Crippen LogP contribution is 2.39. The van der Waals surface area contributed by atoms with Crippen LogP contribution in [-0.2, 0) is 4.74 Å². The Morgan fingerprint density at radius 2 is 1.85 bits per heavy atom. The molecule has 210 valence electrons. The van der Waals surface area contributed by atoms with Crippen LogP contribution < -0.4 is 26.5 Å². The number of benzene rings is 2. The Bertz CT molecular complexity index is 1460. The van der Waals surface area contributed by atoms with Gasteiger partial charge in [-0.3, -0.25) is 14.6 Å². The number of anilines is 3. The van der Waals surface area contributed by atoms with Gasteiger partial charge in [0.05, 0.1) is 29.7 Å². The van der Waals surface area contributed by atoms with Crippen LogP contribution in [0.15, 0.2) is 52.4 Å². The van der Waals surface area contributed by atoms with Crippen LogP contribution in [0, 0.1) is 18.6 Å². The van der Waals surface area contributed by atoms with E-state index in [0.29, 0.717) is 36.7 Å². The van der Waals surface area contributed by atoms with Crippen molar-refractivity contribution in [1.29, 1.82) is 0 Å². The lowest BCUT2D eigenvalue weighted by Gasteiger charge is -2.36. The van der Waals surface area contributed by atoms with E-state index in [-0.39, 0.29) is 17.8 Å². The number of nitrogens with zero attached hydrogens (tertiary/aromatic N) is 5. The molecule has 2 aliphatic heterocycles. The molecule has 3 N–H and O–H groups in total. The first-order valence-corrected chi connectivity index (χ1v) is 13.1. The molecular formula is C28H31F2N7O3. The number of hydrazone groups is 1. The lowest BCUT2D eigenvalue weighted by atomic mass is 10.0. The second kappa shape index (κ2) is 11.5. The average Bonchev–Trinajstić information content (AvgIpc) is 3.47. The molecule has 0 saturated carbocycles. The number of halogens is 2. The summed E-state index contributed by atoms with van der Waals surface area (Å²) in [5, 5.41) is 13.0. The zero-order valence-corrected chi connectivity index (χ0v) is 22.1. The van der Waals surface area contributed by atoms with Gasteiger partial charge >= 0.3 is 0 Å². The number of carbonyl (C=O) groups excluding carboxylic acids is 1. The number of rotatable bonds is 7. The number of nitrogens with two attached hydrogens (primary N) is 1. The number of hydrogen-bond donors (Lipinski definition) is 2. The fraction of sp³-hybridized carbons (Fsp3) is 0.357. The number of carbonyl (C=O) groups is 1. The second-order valence-corrected chi connectivity index (χ2v) is 9.93. The molecule has 2 aliphatic rings. The fourth-order valence-corrected chi connectivity index (χ4v) is 5.24. The third-order valence-corrected chi connectivity index (χ3v) is 7.34. The molecule has 0 unspecified atom stereocenters. The minimum Gasteiger partial charge on any atom is -0.379 e. The molecule has 1 aromatic heterocycles. The highest BCUT2D eigenvalue weighted by Gasteiger charge is 2.28. The zero-order valence-electron chi connectivity index (χ0n) is 22.1. The van der Waals surface area contributed by atoms with Crippen LogP contribution in [0.25, 0.3) is 5.69 Å². The van der Waals surface area contributed by atoms with Gasteiger partial charge in [-0.25, -0.2) is 8.78 Å². The topological polar surface area (TPSA) is 118 Å². The monoisotopic (exact) mass is 551 g/mol. The molecule has 12 heteroatoms. The van der Waals surface area contributed by atoms with Crippen molar-refractivity contribution in [2.24, 2.45) is 10.8 Å². The molecule has 0 bridgehead atoms. The largest absolute Gasteiger partial charge is 0.379 e. The number of ether oxygens (including phenoxy) is 1. The Hall–Kier alpha value is -4.16. The van der Waals surface area contributed by atoms with Crippen molar-refractivity contribution >= 4 is 29.7 Å². The van der Waals surface area contributed by atoms with Gasteiger partial charge in [0.15, 0.2) is 11.6 Å². The van der Waals surface area contributed by atoms with Crippen LogP contribution >= 0.6 is 0 Å². The van der Waals surface area contributed by atoms with E-state index in [9.17, 15) is 18.4 Å². The van der Waals surface area contributed by atoms with Crippen LogP contribution in [0.5, 0.6) is 0 Å². The van der Waals surface area contributed by atoms with E-state index in [0.717, 1.165) is 54.4 Å². The van der Waals surface area contributed by atoms with Gasteiger partial charge in [-0.2, -0.15) is 14.9 Å². The molecule has 0 spiro atoms. The van der Waals surface area contributed by atoms with Crippen molar-refractivity contribution in [3.63, 3.8) is 0 Å². The predicted octanol–water partition coefficient (Wildman–Crippen LogP) is 3.21. The number of piperidine rings is 1. The molecule has 3 aromatic rings. The lowest BCUT2D eigenvalue weighted by molar-refractivity contribution is 0.102. The van der Waals surface area contributed by atoms with E-state index < -0.39 is 28.8 Å². The smallest absolute Gasteiger partial charge is 0.276 e. The van der Waals surface area contributed by atoms with E-state index in [4.69, 9.17) is 10.5 Å². The highest BCUT2D eigenvalue weighted by atomic mass is 19.1. The maximum atomic E-state index is 14.4. The predicted molar refractivity (Wildman–Crippen MR) is 150 cm³/mol. The first-order chi connectivity index (χ1) is 19.3. The number of para-hydroxylation sites is 1. The number of amides is 1. The molecule has 2 aromatic carbocycles. The number of hydrogen-bond acceptors (Lipinski definition) is 8. The van der Waals surface area contributed by atoms with Crippen molar-refractivity contribution in [2.45, 2.75) is 38.3 Å². The first kappa shape index (κ1) is 27.4. The van der Waals surface area contributed by atoms with E-state index in [1.807, 2.05) is 18.0 Å². The number of aromatic nitrogens is 2. The van der Waals surface area contributed by atoms with Gasteiger partial charge in [-0.1, -0.05) is 6.07 Å². The van der Waals surface area contributed by atoms with Gasteiger partial charge in [-0.15, -0.1) is 0 Å². The average molecular weight is 552 g/mol. The third kappa shape index (κ3) is 5.32. The van der Waals surface area contributed by atoms with Crippen molar-refractivity contribution < 1.29 is 18.3 Å². The molecule has 0 aliphatic carbocycles. The van der Waals surface area contributed by atoms with Crippen molar-refractivity contribution in [3.05, 3.63) is 75.7 Å². The zero-order chi connectivity index (χ0) is 28.4. The molecule has 1 atom stereocenters. The Morgan fingerprint density at radius 1 is 1.12 bits per heavy atom. The lowest BCUT2D eigenvalue weighted by Crippen LogP contribution is -2.40. The normalized spacial score (nSPS) is 17.6. The van der Waals surface area contributed by atoms with Gasteiger partial charge in [0.1, 0.15) is 11.4 Å². The number of nitrogens with one attached hydrogen (secondary N) is 1. The Labute approximate surface area is 230 Å². The Kier molecular flexibility index (Phi) is 7.90. The van der Waals surface area contributed by atoms with Crippen LogP contribution in [0.2, 0.25) is 0 Å². The second-order valence-electron chi connectivity index (χ2n) is 9.93. The summed E-state index contributed by atoms with van der Waals surface area (Å²) >= 11 is 0. The SMILES string of the molecule is C=NN(c1ccc(NC(=O)c2ccc(=O)n(-c3c(F)cccc3F)n2)c(N2CCC(N)CC2)c1C)[C@@H]1CCOC1. The van der Waals surface area contributed by atoms with E-state index in [1.54, 1.807) is 6.07 Å². The molecule has 0 radical (unpaired) electrons. The van der Waals surface area contributed by atoms with Crippen molar-refractivity contribution in [2.75, 3.05) is 41.5 Å². The van der Waals surface area contributed by atoms with E-state index in [1.165, 1.54) is 12.1 Å². The van der Waals surface area contributed by atoms with Gasteiger partial charge in [0, 0.05) is 38.5 Å². The summed E-state index contributed by atoms with van der Waals surface area (Å²) in [6.07, 6.45) is 2.39. The van der Waals surface area contributed by atoms with Gasteiger partial charge < -0.3 is 20.7 Å². The molecule has 2 saturated heterocycles. The van der Waals surface area contributed by atoms with Gasteiger partial charge in [-0.05, 0) is 62.1 Å². The molecule has 1 amide bonds. The molecule has 3 heterocycles. The van der Waals surface area contributed by atoms with Crippen LogP contribution in [0.1, 0.15) is 35.3 Å². The highest BCUT2D eigenvalue weighted by molar-refractivity contribution is 6.05. The molecule has 5 rings (SSSR count). The summed E-state index contributed by atoms with van der Waals surface area (Å²) in [6.45, 7) is 8.30. The third-order valence-electron chi connectivity index (χ3n) is 7.34. The van der Waals surface area contributed by atoms with Crippen LogP contribution in [0.3, 0.4) is 0 Å². The maximum absolute atomic E-state index is 14.4. The maximum Gasteiger partial charge on any atom is 0.276 e. The summed E-state index contributed by atoms with van der Waals surface area (Å²) in [5.41, 5.74) is 7.59. The van der Waals surface area contributed by atoms with Crippen LogP contribution in [-0.4, -0.2) is 60.8 Å². The quantitative estimate of drug-likeness (QED) is 0.342. The van der Waals surface area contributed by atoms with Gasteiger partial charge in [0.2, 0.25) is 0 Å². The van der Waals surface area contributed by atoms with Gasteiger partial charge in [0.25, 0.3) is 11.5 Å². The molecule has 2 fully saturated rings. The molecular weight excluding hydrogens is 520 g/mol. The first-order valence-electron chi connectivity index (χ1n) is 13.1. The molecule has 40 heavy (non-hydrogen) atoms. The van der Waals surface area contributed by atoms with E-state index in [2.05, 4.69) is 27.1 Å². The van der Waals surface area contributed by atoms with E-state index >= 15 is 0 Å². The summed E-state index contributed by atoms with van der Waals surface area (Å²) < 4.78 is 34.9. The van der Waals surface area contributed by atoms with Crippen LogP contribution in [0.4, 0.5) is 25.8 Å². The minimum atomic E-state index is -0.975. The minimum absolute atomic E-state index is 0.0447. The summed E-state index contributed by atoms with van der Waals surface area (Å²) in [4.78, 5) is 28.0.